The molecule has 3 fully saturated rings. The first-order valence-corrected chi connectivity index (χ1v) is 12.9. The molecular weight excluding hydrogens is 476 g/mol. The van der Waals surface area contributed by atoms with Crippen molar-refractivity contribution in [2.24, 2.45) is 17.3 Å². The molecule has 1 saturated heterocycles. The van der Waals surface area contributed by atoms with Crippen LogP contribution in [-0.4, -0.2) is 47.4 Å². The molecule has 8 heteroatoms. The van der Waals surface area contributed by atoms with Crippen molar-refractivity contribution in [1.29, 1.82) is 0 Å². The van der Waals surface area contributed by atoms with Gasteiger partial charge in [0.15, 0.2) is 0 Å². The topological polar surface area (TPSA) is 101 Å². The van der Waals surface area contributed by atoms with Gasteiger partial charge in [-0.25, -0.2) is 9.59 Å². The van der Waals surface area contributed by atoms with Gasteiger partial charge < -0.3 is 23.4 Å². The Kier molecular flexibility index (Phi) is 6.21. The van der Waals surface area contributed by atoms with Gasteiger partial charge in [0.05, 0.1) is 28.4 Å². The second kappa shape index (κ2) is 9.01. The largest absolute Gasteiger partial charge is 0.472 e. The van der Waals surface area contributed by atoms with Crippen LogP contribution in [-0.2, 0) is 23.7 Å². The average molecular weight is 511 g/mol. The van der Waals surface area contributed by atoms with Crippen molar-refractivity contribution in [3.8, 4) is 0 Å². The van der Waals surface area contributed by atoms with Crippen LogP contribution in [0.2, 0.25) is 0 Å². The highest BCUT2D eigenvalue weighted by atomic mass is 16.6. The van der Waals surface area contributed by atoms with Gasteiger partial charge in [0.25, 0.3) is 0 Å². The van der Waals surface area contributed by atoms with Crippen LogP contribution in [0.3, 0.4) is 0 Å². The summed E-state index contributed by atoms with van der Waals surface area (Å²) in [7, 11) is 0. The van der Waals surface area contributed by atoms with Gasteiger partial charge in [-0.15, -0.1) is 0 Å². The number of hydrogen-bond donors (Lipinski definition) is 0. The first-order chi connectivity index (χ1) is 17.5. The Morgan fingerprint density at radius 1 is 0.892 bits per heavy atom. The summed E-state index contributed by atoms with van der Waals surface area (Å²) in [5.41, 5.74) is -1.97. The van der Waals surface area contributed by atoms with Crippen LogP contribution in [0, 0.1) is 17.3 Å². The minimum atomic E-state index is -1.05. The lowest BCUT2D eigenvalue weighted by Crippen LogP contribution is -2.73. The summed E-state index contributed by atoms with van der Waals surface area (Å²) in [6.07, 6.45) is 2.53. The SMILES string of the molecule is CC(=O)O[C@H]1CC[C@@H](C)[C@]23OC(C)(C)[C@H](C[C@H](OC(=O)c4ccoc4)[C@]12C)[C@H]3OC(=O)c1ccccc1. The van der Waals surface area contributed by atoms with Gasteiger partial charge in [-0.3, -0.25) is 4.79 Å². The fraction of sp³-hybridized carbons (Fsp3) is 0.552. The number of fused-ring (bicyclic) bond motifs is 1. The van der Waals surface area contributed by atoms with Crippen LogP contribution in [0.1, 0.15) is 74.6 Å². The highest BCUT2D eigenvalue weighted by molar-refractivity contribution is 5.90. The van der Waals surface area contributed by atoms with Gasteiger partial charge in [-0.1, -0.05) is 25.1 Å². The molecule has 8 nitrogen and oxygen atoms in total. The molecule has 5 rings (SSSR count). The van der Waals surface area contributed by atoms with Crippen LogP contribution in [0.4, 0.5) is 0 Å². The van der Waals surface area contributed by atoms with E-state index in [9.17, 15) is 14.4 Å². The molecule has 0 amide bonds. The second-order valence-electron chi connectivity index (χ2n) is 11.3. The predicted molar refractivity (Wildman–Crippen MR) is 132 cm³/mol. The van der Waals surface area contributed by atoms with E-state index in [2.05, 4.69) is 6.92 Å². The number of rotatable bonds is 5. The molecule has 37 heavy (non-hydrogen) atoms. The molecule has 3 aliphatic rings. The van der Waals surface area contributed by atoms with E-state index in [0.29, 0.717) is 30.4 Å². The van der Waals surface area contributed by atoms with Gasteiger partial charge in [0, 0.05) is 12.8 Å². The summed E-state index contributed by atoms with van der Waals surface area (Å²) in [6, 6.07) is 10.4. The minimum Gasteiger partial charge on any atom is -0.472 e. The van der Waals surface area contributed by atoms with Crippen molar-refractivity contribution in [1.82, 2.24) is 0 Å². The number of furan rings is 1. The molecule has 0 unspecified atom stereocenters. The first-order valence-electron chi connectivity index (χ1n) is 12.9. The van der Waals surface area contributed by atoms with E-state index < -0.39 is 52.8 Å². The third-order valence-corrected chi connectivity index (χ3v) is 8.91. The molecule has 198 valence electrons. The molecule has 7 atom stereocenters. The molecular formula is C29H34O8. The number of benzene rings is 1. The van der Waals surface area contributed by atoms with Crippen LogP contribution < -0.4 is 0 Å². The zero-order valence-electron chi connectivity index (χ0n) is 21.9. The molecule has 1 spiro atoms. The second-order valence-corrected chi connectivity index (χ2v) is 11.3. The molecule has 2 bridgehead atoms. The predicted octanol–water partition coefficient (Wildman–Crippen LogP) is 4.97. The molecule has 1 aliphatic heterocycles. The maximum atomic E-state index is 13.3. The van der Waals surface area contributed by atoms with Crippen LogP contribution in [0.25, 0.3) is 0 Å². The van der Waals surface area contributed by atoms with Crippen molar-refractivity contribution in [3.63, 3.8) is 0 Å². The van der Waals surface area contributed by atoms with Crippen molar-refractivity contribution >= 4 is 17.9 Å². The van der Waals surface area contributed by atoms with Gasteiger partial charge in [0.2, 0.25) is 0 Å². The Labute approximate surface area is 216 Å². The van der Waals surface area contributed by atoms with Gasteiger partial charge in [-0.05, 0) is 64.2 Å². The standard InChI is InChI=1S/C29H34O8/c1-17-11-12-22(34-18(2)30)28(5)23(35-26(32)20-13-14-33-16-20)15-21-24(29(17,28)37-27(21,3)4)36-25(31)19-9-7-6-8-10-19/h6-10,13-14,16-17,21-24H,11-12,15H2,1-5H3/t17-,21-,22+,23+,24-,28+,29-/m1/s1. The summed E-state index contributed by atoms with van der Waals surface area (Å²) in [5.74, 6) is -1.71. The van der Waals surface area contributed by atoms with E-state index in [-0.39, 0.29) is 11.8 Å². The maximum Gasteiger partial charge on any atom is 0.341 e. The van der Waals surface area contributed by atoms with Crippen LogP contribution in [0.5, 0.6) is 0 Å². The lowest BCUT2D eigenvalue weighted by Gasteiger charge is -2.61. The molecule has 0 radical (unpaired) electrons. The maximum absolute atomic E-state index is 13.3. The summed E-state index contributed by atoms with van der Waals surface area (Å²) in [6.45, 7) is 9.37. The van der Waals surface area contributed by atoms with Crippen LogP contribution >= 0.6 is 0 Å². The summed E-state index contributed by atoms with van der Waals surface area (Å²) >= 11 is 0. The number of ether oxygens (including phenoxy) is 4. The highest BCUT2D eigenvalue weighted by Gasteiger charge is 2.79. The number of carbonyl (C=O) groups excluding carboxylic acids is 3. The third-order valence-electron chi connectivity index (χ3n) is 8.91. The van der Waals surface area contributed by atoms with E-state index in [1.54, 1.807) is 30.3 Å². The Morgan fingerprint density at radius 3 is 2.24 bits per heavy atom. The Hall–Kier alpha value is -3.13. The smallest absolute Gasteiger partial charge is 0.341 e. The molecule has 1 aromatic carbocycles. The lowest BCUT2D eigenvalue weighted by molar-refractivity contribution is -0.282. The first kappa shape index (κ1) is 25.5. The fourth-order valence-electron chi connectivity index (χ4n) is 7.13. The number of carbonyl (C=O) groups is 3. The highest BCUT2D eigenvalue weighted by Crippen LogP contribution is 2.67. The van der Waals surface area contributed by atoms with E-state index in [1.165, 1.54) is 19.5 Å². The van der Waals surface area contributed by atoms with Crippen molar-refractivity contribution in [2.75, 3.05) is 0 Å². The Balaban J connectivity index is 1.61. The molecule has 2 heterocycles. The number of hydrogen-bond acceptors (Lipinski definition) is 8. The quantitative estimate of drug-likeness (QED) is 0.411. The zero-order valence-corrected chi connectivity index (χ0v) is 21.9. The molecule has 1 aromatic heterocycles. The zero-order chi connectivity index (χ0) is 26.6. The molecule has 0 N–H and O–H groups in total. The molecule has 2 aliphatic carbocycles. The van der Waals surface area contributed by atoms with Gasteiger partial charge >= 0.3 is 17.9 Å². The number of esters is 3. The van der Waals surface area contributed by atoms with E-state index >= 15 is 0 Å². The van der Waals surface area contributed by atoms with E-state index in [0.717, 1.165) is 0 Å². The Bertz CT molecular complexity index is 1170. The van der Waals surface area contributed by atoms with E-state index in [1.807, 2.05) is 26.8 Å². The lowest BCUT2D eigenvalue weighted by atomic mass is 9.49. The molecule has 2 saturated carbocycles. The average Bonchev–Trinajstić information content (AvgIpc) is 3.44. The van der Waals surface area contributed by atoms with Crippen LogP contribution in [0.15, 0.2) is 53.3 Å². The Morgan fingerprint density at radius 2 is 1.59 bits per heavy atom. The van der Waals surface area contributed by atoms with Gasteiger partial charge in [0.1, 0.15) is 30.2 Å². The van der Waals surface area contributed by atoms with Crippen molar-refractivity contribution in [2.45, 2.75) is 83.4 Å². The van der Waals surface area contributed by atoms with E-state index in [4.69, 9.17) is 23.4 Å². The fourth-order valence-corrected chi connectivity index (χ4v) is 7.13. The summed E-state index contributed by atoms with van der Waals surface area (Å²) in [4.78, 5) is 38.7. The minimum absolute atomic E-state index is 0.0717. The van der Waals surface area contributed by atoms with Crippen molar-refractivity contribution < 1.29 is 37.7 Å². The summed E-state index contributed by atoms with van der Waals surface area (Å²) in [5, 5.41) is 0. The normalized spacial score (nSPS) is 35.8. The van der Waals surface area contributed by atoms with Gasteiger partial charge in [-0.2, -0.15) is 0 Å². The third kappa shape index (κ3) is 3.88. The molecule has 2 aromatic rings. The monoisotopic (exact) mass is 510 g/mol. The summed E-state index contributed by atoms with van der Waals surface area (Å²) < 4.78 is 30.4. The van der Waals surface area contributed by atoms with Crippen molar-refractivity contribution in [3.05, 3.63) is 60.1 Å².